The summed E-state index contributed by atoms with van der Waals surface area (Å²) in [4.78, 5) is 14.9. The van der Waals surface area contributed by atoms with Crippen LogP contribution in [0.15, 0.2) is 29.4 Å². The van der Waals surface area contributed by atoms with Crippen molar-refractivity contribution in [2.45, 2.75) is 45.8 Å². The predicted molar refractivity (Wildman–Crippen MR) is 80.6 cm³/mol. The van der Waals surface area contributed by atoms with Crippen LogP contribution in [-0.4, -0.2) is 18.1 Å². The van der Waals surface area contributed by atoms with Crippen LogP contribution in [0.25, 0.3) is 10.4 Å². The molecule has 5 nitrogen and oxygen atoms in total. The SMILES string of the molecule is Cc1ccc(C[C@@H]2C[C@@H]([C@@H](N=[N+]=[N-])C(C)C)OC2=O)cc1. The second kappa shape index (κ2) is 6.64. The third-order valence-electron chi connectivity index (χ3n) is 3.97. The summed E-state index contributed by atoms with van der Waals surface area (Å²) < 4.78 is 5.44. The molecule has 1 saturated heterocycles. The van der Waals surface area contributed by atoms with E-state index in [1.807, 2.05) is 45.0 Å². The van der Waals surface area contributed by atoms with Gasteiger partial charge < -0.3 is 4.74 Å². The Morgan fingerprint density at radius 3 is 2.62 bits per heavy atom. The highest BCUT2D eigenvalue weighted by atomic mass is 16.6. The quantitative estimate of drug-likeness (QED) is 0.357. The van der Waals surface area contributed by atoms with Gasteiger partial charge in [-0.3, -0.25) is 4.79 Å². The zero-order chi connectivity index (χ0) is 15.4. The first-order valence-corrected chi connectivity index (χ1v) is 7.31. The normalized spacial score (nSPS) is 22.8. The minimum Gasteiger partial charge on any atom is -0.462 e. The summed E-state index contributed by atoms with van der Waals surface area (Å²) in [6.45, 7) is 5.98. The van der Waals surface area contributed by atoms with Crippen LogP contribution in [0.3, 0.4) is 0 Å². The fourth-order valence-corrected chi connectivity index (χ4v) is 2.75. The van der Waals surface area contributed by atoms with Crippen LogP contribution >= 0.6 is 0 Å². The number of carbonyl (C=O) groups is 1. The summed E-state index contributed by atoms with van der Waals surface area (Å²) in [7, 11) is 0. The number of hydrogen-bond donors (Lipinski definition) is 0. The number of benzene rings is 1. The van der Waals surface area contributed by atoms with Gasteiger partial charge in [-0.15, -0.1) is 0 Å². The minimum absolute atomic E-state index is 0.146. The monoisotopic (exact) mass is 287 g/mol. The minimum atomic E-state index is -0.302. The summed E-state index contributed by atoms with van der Waals surface area (Å²) in [6.07, 6.45) is 0.995. The van der Waals surface area contributed by atoms with E-state index < -0.39 is 0 Å². The highest BCUT2D eigenvalue weighted by molar-refractivity contribution is 5.75. The molecule has 1 aliphatic rings. The third kappa shape index (κ3) is 3.76. The molecule has 1 aliphatic heterocycles. The Balaban J connectivity index is 2.05. The second-order valence-corrected chi connectivity index (χ2v) is 6.04. The van der Waals surface area contributed by atoms with Gasteiger partial charge in [0.25, 0.3) is 0 Å². The lowest BCUT2D eigenvalue weighted by molar-refractivity contribution is -0.145. The maximum Gasteiger partial charge on any atom is 0.309 e. The Morgan fingerprint density at radius 1 is 1.38 bits per heavy atom. The van der Waals surface area contributed by atoms with Crippen LogP contribution in [0.2, 0.25) is 0 Å². The molecule has 0 aromatic heterocycles. The van der Waals surface area contributed by atoms with E-state index in [4.69, 9.17) is 10.3 Å². The first kappa shape index (κ1) is 15.4. The van der Waals surface area contributed by atoms with E-state index in [-0.39, 0.29) is 30.0 Å². The van der Waals surface area contributed by atoms with Crippen molar-refractivity contribution < 1.29 is 9.53 Å². The van der Waals surface area contributed by atoms with Crippen LogP contribution in [0.1, 0.15) is 31.4 Å². The van der Waals surface area contributed by atoms with E-state index in [9.17, 15) is 4.79 Å². The first-order chi connectivity index (χ1) is 10.0. The number of cyclic esters (lactones) is 1. The summed E-state index contributed by atoms with van der Waals surface area (Å²) in [5.41, 5.74) is 11.0. The molecule has 0 bridgehead atoms. The van der Waals surface area contributed by atoms with Gasteiger partial charge >= 0.3 is 5.97 Å². The fraction of sp³-hybridized carbons (Fsp3) is 0.562. The van der Waals surface area contributed by atoms with Crippen LogP contribution in [-0.2, 0) is 16.0 Å². The zero-order valence-electron chi connectivity index (χ0n) is 12.7. The molecule has 1 aromatic carbocycles. The Bertz CT molecular complexity index is 547. The van der Waals surface area contributed by atoms with Gasteiger partial charge in [0.05, 0.1) is 12.0 Å². The summed E-state index contributed by atoms with van der Waals surface area (Å²) in [5, 5.41) is 3.80. The number of carbonyl (C=O) groups excluding carboxylic acids is 1. The van der Waals surface area contributed by atoms with Crippen molar-refractivity contribution in [3.63, 3.8) is 0 Å². The van der Waals surface area contributed by atoms with Gasteiger partial charge in [0.1, 0.15) is 6.10 Å². The van der Waals surface area contributed by atoms with Gasteiger partial charge in [-0.25, -0.2) is 0 Å². The lowest BCUT2D eigenvalue weighted by Gasteiger charge is -2.20. The fourth-order valence-electron chi connectivity index (χ4n) is 2.75. The molecule has 1 fully saturated rings. The highest BCUT2D eigenvalue weighted by Gasteiger charge is 2.39. The van der Waals surface area contributed by atoms with E-state index in [1.165, 1.54) is 5.56 Å². The zero-order valence-corrected chi connectivity index (χ0v) is 12.7. The Hall–Kier alpha value is -2.00. The molecule has 0 saturated carbocycles. The number of azide groups is 1. The predicted octanol–water partition coefficient (Wildman–Crippen LogP) is 3.80. The van der Waals surface area contributed by atoms with Crippen molar-refractivity contribution in [2.24, 2.45) is 17.0 Å². The number of ether oxygens (including phenoxy) is 1. The van der Waals surface area contributed by atoms with E-state index in [0.29, 0.717) is 12.8 Å². The molecule has 21 heavy (non-hydrogen) atoms. The van der Waals surface area contributed by atoms with Crippen molar-refractivity contribution in [3.8, 4) is 0 Å². The van der Waals surface area contributed by atoms with Crippen molar-refractivity contribution in [1.82, 2.24) is 0 Å². The molecule has 0 radical (unpaired) electrons. The van der Waals surface area contributed by atoms with Crippen molar-refractivity contribution in [3.05, 3.63) is 45.8 Å². The molecular weight excluding hydrogens is 266 g/mol. The number of nitrogens with zero attached hydrogens (tertiary/aromatic N) is 3. The van der Waals surface area contributed by atoms with E-state index >= 15 is 0 Å². The Morgan fingerprint density at radius 2 is 2.05 bits per heavy atom. The average Bonchev–Trinajstić information content (AvgIpc) is 2.79. The molecule has 2 rings (SSSR count). The molecule has 0 spiro atoms. The highest BCUT2D eigenvalue weighted by Crippen LogP contribution is 2.30. The van der Waals surface area contributed by atoms with Crippen LogP contribution in [0.4, 0.5) is 0 Å². The van der Waals surface area contributed by atoms with Crippen molar-refractivity contribution in [2.75, 3.05) is 0 Å². The number of hydrogen-bond acceptors (Lipinski definition) is 3. The van der Waals surface area contributed by atoms with Crippen molar-refractivity contribution >= 4 is 5.97 Å². The standard InChI is InChI=1S/C16H21N3O2/c1-10(2)15(18-19-17)14-9-13(16(20)21-14)8-12-6-4-11(3)5-7-12/h4-7,10,13-15H,8-9H2,1-3H3/t13-,14+,15+/m1/s1. The van der Waals surface area contributed by atoms with Gasteiger partial charge in [0, 0.05) is 4.91 Å². The van der Waals surface area contributed by atoms with Crippen LogP contribution < -0.4 is 0 Å². The van der Waals surface area contributed by atoms with E-state index in [0.717, 1.165) is 5.56 Å². The van der Waals surface area contributed by atoms with Gasteiger partial charge in [-0.1, -0.05) is 48.8 Å². The third-order valence-corrected chi connectivity index (χ3v) is 3.97. The maximum atomic E-state index is 12.0. The molecule has 5 heteroatoms. The molecule has 0 amide bonds. The Labute approximate surface area is 124 Å². The maximum absolute atomic E-state index is 12.0. The lowest BCUT2D eigenvalue weighted by atomic mass is 9.91. The first-order valence-electron chi connectivity index (χ1n) is 7.31. The van der Waals surface area contributed by atoms with Crippen molar-refractivity contribution in [1.29, 1.82) is 0 Å². The van der Waals surface area contributed by atoms with E-state index in [2.05, 4.69) is 10.0 Å². The van der Waals surface area contributed by atoms with Crippen LogP contribution in [0.5, 0.6) is 0 Å². The lowest BCUT2D eigenvalue weighted by Crippen LogP contribution is -2.28. The van der Waals surface area contributed by atoms with Gasteiger partial charge in [0.15, 0.2) is 0 Å². The summed E-state index contributed by atoms with van der Waals surface area (Å²) in [6, 6.07) is 7.89. The molecule has 1 heterocycles. The van der Waals surface area contributed by atoms with Gasteiger partial charge in [0.2, 0.25) is 0 Å². The smallest absolute Gasteiger partial charge is 0.309 e. The number of rotatable bonds is 5. The molecular formula is C16H21N3O2. The van der Waals surface area contributed by atoms with Gasteiger partial charge in [-0.2, -0.15) is 0 Å². The number of aryl methyl sites for hydroxylation is 1. The molecule has 0 aliphatic carbocycles. The van der Waals surface area contributed by atoms with Gasteiger partial charge in [-0.05, 0) is 36.8 Å². The Kier molecular flexibility index (Phi) is 4.86. The van der Waals surface area contributed by atoms with Crippen LogP contribution in [0, 0.1) is 18.8 Å². The molecule has 0 N–H and O–H groups in total. The molecule has 112 valence electrons. The summed E-state index contributed by atoms with van der Waals surface area (Å²) >= 11 is 0. The number of esters is 1. The largest absolute Gasteiger partial charge is 0.462 e. The molecule has 3 atom stereocenters. The average molecular weight is 287 g/mol. The topological polar surface area (TPSA) is 75.1 Å². The summed E-state index contributed by atoms with van der Waals surface area (Å²) in [5.74, 6) is -0.177. The molecule has 0 unspecified atom stereocenters. The second-order valence-electron chi connectivity index (χ2n) is 6.04. The van der Waals surface area contributed by atoms with E-state index in [1.54, 1.807) is 0 Å². The molecule has 1 aromatic rings.